The Balaban J connectivity index is 3.20. The third kappa shape index (κ3) is 2.82. The standard InChI is InChI=1S/C13H20N2/c1-6-8-10-11(9-7-2)15-12(14-10)13(3,4)5/h6-9H,1-5H3,(H,14,15)/b8-6-,9-7-. The molecule has 1 aromatic rings. The first-order valence-corrected chi connectivity index (χ1v) is 5.35. The van der Waals surface area contributed by atoms with Crippen LogP contribution in [0.5, 0.6) is 0 Å². The van der Waals surface area contributed by atoms with Gasteiger partial charge in [-0.1, -0.05) is 32.9 Å². The summed E-state index contributed by atoms with van der Waals surface area (Å²) >= 11 is 0. The molecule has 0 aromatic carbocycles. The predicted molar refractivity (Wildman–Crippen MR) is 66.7 cm³/mol. The Morgan fingerprint density at radius 1 is 1.07 bits per heavy atom. The summed E-state index contributed by atoms with van der Waals surface area (Å²) in [6.45, 7) is 10.5. The van der Waals surface area contributed by atoms with Crippen molar-refractivity contribution in [2.45, 2.75) is 40.0 Å². The second-order valence-electron chi connectivity index (χ2n) is 4.63. The van der Waals surface area contributed by atoms with Gasteiger partial charge < -0.3 is 4.98 Å². The summed E-state index contributed by atoms with van der Waals surface area (Å²) in [5.74, 6) is 1.03. The van der Waals surface area contributed by atoms with Crippen LogP contribution in [0.2, 0.25) is 0 Å². The molecule has 1 heterocycles. The van der Waals surface area contributed by atoms with E-state index in [1.807, 2.05) is 32.1 Å². The van der Waals surface area contributed by atoms with Crippen LogP contribution < -0.4 is 0 Å². The van der Waals surface area contributed by atoms with Crippen LogP contribution in [0.4, 0.5) is 0 Å². The van der Waals surface area contributed by atoms with Crippen molar-refractivity contribution in [2.75, 3.05) is 0 Å². The van der Waals surface area contributed by atoms with E-state index in [4.69, 9.17) is 0 Å². The molecule has 0 aliphatic rings. The van der Waals surface area contributed by atoms with Gasteiger partial charge in [-0.3, -0.25) is 0 Å². The Labute approximate surface area is 92.1 Å². The largest absolute Gasteiger partial charge is 0.342 e. The quantitative estimate of drug-likeness (QED) is 0.780. The summed E-state index contributed by atoms with van der Waals surface area (Å²) in [7, 11) is 0. The number of rotatable bonds is 2. The van der Waals surface area contributed by atoms with Gasteiger partial charge in [0.2, 0.25) is 0 Å². The van der Waals surface area contributed by atoms with Gasteiger partial charge in [0.25, 0.3) is 0 Å². The molecule has 1 N–H and O–H groups in total. The number of aromatic nitrogens is 2. The van der Waals surface area contributed by atoms with Crippen LogP contribution in [0.1, 0.15) is 51.8 Å². The van der Waals surface area contributed by atoms with Gasteiger partial charge in [-0.05, 0) is 26.0 Å². The SMILES string of the molecule is C/C=C\c1nc(C(C)(C)C)[nH]c1/C=C\C. The van der Waals surface area contributed by atoms with Crippen molar-refractivity contribution in [1.82, 2.24) is 9.97 Å². The van der Waals surface area contributed by atoms with Crippen molar-refractivity contribution in [2.24, 2.45) is 0 Å². The number of hydrogen-bond donors (Lipinski definition) is 1. The molecule has 15 heavy (non-hydrogen) atoms. The molecule has 0 bridgehead atoms. The summed E-state index contributed by atoms with van der Waals surface area (Å²) in [5, 5.41) is 0. The molecular weight excluding hydrogens is 184 g/mol. The van der Waals surface area contributed by atoms with E-state index in [0.29, 0.717) is 0 Å². The highest BCUT2D eigenvalue weighted by atomic mass is 14.9. The van der Waals surface area contributed by atoms with Crippen molar-refractivity contribution in [3.63, 3.8) is 0 Å². The van der Waals surface area contributed by atoms with Crippen LogP contribution in [-0.4, -0.2) is 9.97 Å². The lowest BCUT2D eigenvalue weighted by Gasteiger charge is -2.13. The molecule has 82 valence electrons. The maximum atomic E-state index is 4.60. The maximum Gasteiger partial charge on any atom is 0.112 e. The van der Waals surface area contributed by atoms with Gasteiger partial charge in [0.15, 0.2) is 0 Å². The van der Waals surface area contributed by atoms with Gasteiger partial charge in [-0.15, -0.1) is 0 Å². The third-order valence-corrected chi connectivity index (χ3v) is 2.13. The molecule has 2 heteroatoms. The van der Waals surface area contributed by atoms with Crippen LogP contribution in [-0.2, 0) is 5.41 Å². The van der Waals surface area contributed by atoms with Gasteiger partial charge >= 0.3 is 0 Å². The zero-order valence-corrected chi connectivity index (χ0v) is 10.3. The number of imidazole rings is 1. The van der Waals surface area contributed by atoms with Crippen molar-refractivity contribution in [1.29, 1.82) is 0 Å². The average molecular weight is 204 g/mol. The summed E-state index contributed by atoms with van der Waals surface area (Å²) in [5.41, 5.74) is 2.16. The van der Waals surface area contributed by atoms with E-state index in [9.17, 15) is 0 Å². The van der Waals surface area contributed by atoms with Crippen LogP contribution in [0, 0.1) is 0 Å². The molecule has 0 aliphatic carbocycles. The van der Waals surface area contributed by atoms with Crippen molar-refractivity contribution in [3.05, 3.63) is 29.4 Å². The zero-order chi connectivity index (χ0) is 11.5. The number of nitrogens with one attached hydrogen (secondary N) is 1. The number of nitrogens with zero attached hydrogens (tertiary/aromatic N) is 1. The average Bonchev–Trinajstić information content (AvgIpc) is 2.50. The number of allylic oxidation sites excluding steroid dienone is 2. The van der Waals surface area contributed by atoms with Gasteiger partial charge in [0, 0.05) is 5.41 Å². The molecule has 0 fully saturated rings. The van der Waals surface area contributed by atoms with Crippen LogP contribution >= 0.6 is 0 Å². The van der Waals surface area contributed by atoms with Crippen LogP contribution in [0.25, 0.3) is 12.2 Å². The zero-order valence-electron chi connectivity index (χ0n) is 10.3. The molecule has 2 nitrogen and oxygen atoms in total. The topological polar surface area (TPSA) is 28.7 Å². The van der Waals surface area contributed by atoms with E-state index < -0.39 is 0 Å². The number of hydrogen-bond acceptors (Lipinski definition) is 1. The smallest absolute Gasteiger partial charge is 0.112 e. The first-order chi connectivity index (χ1) is 6.99. The van der Waals surface area contributed by atoms with E-state index in [1.165, 1.54) is 0 Å². The number of aromatic amines is 1. The molecular formula is C13H20N2. The van der Waals surface area contributed by atoms with Crippen molar-refractivity contribution < 1.29 is 0 Å². The Kier molecular flexibility index (Phi) is 3.51. The molecule has 0 atom stereocenters. The fraction of sp³-hybridized carbons (Fsp3) is 0.462. The lowest BCUT2D eigenvalue weighted by molar-refractivity contribution is 0.552. The minimum atomic E-state index is 0.0656. The first-order valence-electron chi connectivity index (χ1n) is 5.35. The minimum absolute atomic E-state index is 0.0656. The second-order valence-corrected chi connectivity index (χ2v) is 4.63. The van der Waals surface area contributed by atoms with E-state index >= 15 is 0 Å². The summed E-state index contributed by atoms with van der Waals surface area (Å²) < 4.78 is 0. The normalized spacial score (nSPS) is 13.1. The molecule has 0 radical (unpaired) electrons. The van der Waals surface area contributed by atoms with Gasteiger partial charge in [0.05, 0.1) is 11.4 Å². The fourth-order valence-electron chi connectivity index (χ4n) is 1.33. The monoisotopic (exact) mass is 204 g/mol. The molecule has 1 rings (SSSR count). The summed E-state index contributed by atoms with van der Waals surface area (Å²) in [6, 6.07) is 0. The molecule has 1 aromatic heterocycles. The Hall–Kier alpha value is -1.31. The van der Waals surface area contributed by atoms with E-state index in [2.05, 4.69) is 36.8 Å². The maximum absolute atomic E-state index is 4.60. The van der Waals surface area contributed by atoms with Crippen molar-refractivity contribution in [3.8, 4) is 0 Å². The summed E-state index contributed by atoms with van der Waals surface area (Å²) in [4.78, 5) is 7.95. The highest BCUT2D eigenvalue weighted by Crippen LogP contribution is 2.22. The highest BCUT2D eigenvalue weighted by Gasteiger charge is 2.18. The van der Waals surface area contributed by atoms with Gasteiger partial charge in [-0.25, -0.2) is 4.98 Å². The van der Waals surface area contributed by atoms with Gasteiger partial charge in [-0.2, -0.15) is 0 Å². The molecule has 0 unspecified atom stereocenters. The van der Waals surface area contributed by atoms with E-state index in [0.717, 1.165) is 17.2 Å². The van der Waals surface area contributed by atoms with E-state index in [-0.39, 0.29) is 5.41 Å². The Morgan fingerprint density at radius 3 is 2.13 bits per heavy atom. The molecule has 0 amide bonds. The van der Waals surface area contributed by atoms with Crippen LogP contribution in [0.15, 0.2) is 12.2 Å². The van der Waals surface area contributed by atoms with E-state index in [1.54, 1.807) is 0 Å². The Morgan fingerprint density at radius 2 is 1.67 bits per heavy atom. The second kappa shape index (κ2) is 4.47. The van der Waals surface area contributed by atoms with Crippen molar-refractivity contribution >= 4 is 12.2 Å². The Bertz CT molecular complexity index is 346. The third-order valence-electron chi connectivity index (χ3n) is 2.13. The molecule has 0 spiro atoms. The summed E-state index contributed by atoms with van der Waals surface area (Å²) in [6.07, 6.45) is 8.11. The first kappa shape index (κ1) is 11.8. The highest BCUT2D eigenvalue weighted by molar-refractivity contribution is 5.59. The minimum Gasteiger partial charge on any atom is -0.342 e. The fourth-order valence-corrected chi connectivity index (χ4v) is 1.33. The molecule has 0 saturated heterocycles. The molecule has 0 aliphatic heterocycles. The lowest BCUT2D eigenvalue weighted by Crippen LogP contribution is -2.13. The predicted octanol–water partition coefficient (Wildman–Crippen LogP) is 3.77. The van der Waals surface area contributed by atoms with Crippen LogP contribution in [0.3, 0.4) is 0 Å². The lowest BCUT2D eigenvalue weighted by atomic mass is 9.96. The van der Waals surface area contributed by atoms with Gasteiger partial charge in [0.1, 0.15) is 5.82 Å². The molecule has 0 saturated carbocycles. The number of H-pyrrole nitrogens is 1.